The van der Waals surface area contributed by atoms with Crippen LogP contribution in [0.15, 0.2) is 54.9 Å². The van der Waals surface area contributed by atoms with Gasteiger partial charge in [0.1, 0.15) is 17.3 Å². The summed E-state index contributed by atoms with van der Waals surface area (Å²) in [5.74, 6) is -0.853. The number of H-pyrrole nitrogens is 1. The number of carbonyl (C=O) groups is 1. The number of aromatic nitrogens is 5. The van der Waals surface area contributed by atoms with E-state index in [0.29, 0.717) is 22.2 Å². The monoisotopic (exact) mass is 420 g/mol. The smallest absolute Gasteiger partial charge is 0.256 e. The zero-order chi connectivity index (χ0) is 21.5. The number of rotatable bonds is 4. The number of halogens is 2. The molecule has 0 spiro atoms. The van der Waals surface area contributed by atoms with Gasteiger partial charge in [-0.3, -0.25) is 9.89 Å². The van der Waals surface area contributed by atoms with E-state index in [0.717, 1.165) is 0 Å². The number of hydrogen-bond acceptors (Lipinski definition) is 5. The summed E-state index contributed by atoms with van der Waals surface area (Å²) in [5.41, 5.74) is 1.70. The Balaban J connectivity index is 1.53. The number of methoxy groups -OCH3 is 1. The first-order valence-electron chi connectivity index (χ1n) is 9.17. The first-order valence-corrected chi connectivity index (χ1v) is 9.17. The molecule has 4 heterocycles. The summed E-state index contributed by atoms with van der Waals surface area (Å²) in [4.78, 5) is 16.7. The fourth-order valence-electron chi connectivity index (χ4n) is 3.26. The molecule has 5 rings (SSSR count). The molecule has 0 bridgehead atoms. The van der Waals surface area contributed by atoms with Crippen molar-refractivity contribution in [2.75, 3.05) is 12.4 Å². The Bertz CT molecular complexity index is 1440. The Morgan fingerprint density at radius 2 is 1.97 bits per heavy atom. The molecule has 0 saturated heterocycles. The van der Waals surface area contributed by atoms with Crippen molar-refractivity contribution in [3.63, 3.8) is 0 Å². The molecule has 0 atom stereocenters. The topological polar surface area (TPSA) is 97.2 Å². The van der Waals surface area contributed by atoms with Gasteiger partial charge in [0.25, 0.3) is 5.91 Å². The standard InChI is InChI=1S/C21H14F2N6O2/c1-31-13-6-7-29-17(8-13)15(10-24-29)18-16(23)9-14-19(25-18)27-28-20(14)26-21(30)11-2-4-12(22)5-3-11/h2-10H,1H3,(H2,25,26,27,28,30). The van der Waals surface area contributed by atoms with Gasteiger partial charge in [-0.15, -0.1) is 0 Å². The lowest BCUT2D eigenvalue weighted by Crippen LogP contribution is -2.12. The number of carbonyl (C=O) groups excluding carboxylic acids is 1. The van der Waals surface area contributed by atoms with E-state index < -0.39 is 17.5 Å². The Hall–Kier alpha value is -4.34. The van der Waals surface area contributed by atoms with E-state index in [2.05, 4.69) is 25.6 Å². The van der Waals surface area contributed by atoms with Gasteiger partial charge in [-0.1, -0.05) is 0 Å². The summed E-state index contributed by atoms with van der Waals surface area (Å²) in [5, 5.41) is 13.8. The number of ether oxygens (including phenoxy) is 1. The van der Waals surface area contributed by atoms with E-state index in [4.69, 9.17) is 4.74 Å². The fraction of sp³-hybridized carbons (Fsp3) is 0.0476. The maximum atomic E-state index is 15.0. The quantitative estimate of drug-likeness (QED) is 0.461. The summed E-state index contributed by atoms with van der Waals surface area (Å²) in [6.45, 7) is 0. The molecule has 0 saturated carbocycles. The predicted molar refractivity (Wildman–Crippen MR) is 109 cm³/mol. The van der Waals surface area contributed by atoms with Gasteiger partial charge in [0.2, 0.25) is 0 Å². The Morgan fingerprint density at radius 3 is 2.74 bits per heavy atom. The maximum Gasteiger partial charge on any atom is 0.256 e. The molecule has 1 amide bonds. The zero-order valence-electron chi connectivity index (χ0n) is 16.1. The highest BCUT2D eigenvalue weighted by Gasteiger charge is 2.19. The Morgan fingerprint density at radius 1 is 1.16 bits per heavy atom. The van der Waals surface area contributed by atoms with Crippen LogP contribution in [0.25, 0.3) is 27.8 Å². The Kier molecular flexibility index (Phi) is 4.32. The van der Waals surface area contributed by atoms with Crippen LogP contribution in [-0.4, -0.2) is 37.8 Å². The number of nitrogens with one attached hydrogen (secondary N) is 2. The van der Waals surface area contributed by atoms with Gasteiger partial charge >= 0.3 is 0 Å². The molecule has 154 valence electrons. The van der Waals surface area contributed by atoms with Gasteiger partial charge in [-0.25, -0.2) is 18.3 Å². The fourth-order valence-corrected chi connectivity index (χ4v) is 3.26. The molecule has 0 aliphatic carbocycles. The van der Waals surface area contributed by atoms with E-state index in [1.54, 1.807) is 30.0 Å². The predicted octanol–water partition coefficient (Wildman–Crippen LogP) is 3.81. The second-order valence-electron chi connectivity index (χ2n) is 6.70. The highest BCUT2D eigenvalue weighted by Crippen LogP contribution is 2.31. The lowest BCUT2D eigenvalue weighted by atomic mass is 10.1. The van der Waals surface area contributed by atoms with E-state index >= 15 is 4.39 Å². The van der Waals surface area contributed by atoms with Gasteiger partial charge in [0.15, 0.2) is 17.3 Å². The van der Waals surface area contributed by atoms with Crippen molar-refractivity contribution in [2.45, 2.75) is 0 Å². The molecule has 0 aliphatic heterocycles. The lowest BCUT2D eigenvalue weighted by molar-refractivity contribution is 0.102. The largest absolute Gasteiger partial charge is 0.497 e. The van der Waals surface area contributed by atoms with Crippen LogP contribution in [0.4, 0.5) is 14.6 Å². The van der Waals surface area contributed by atoms with Crippen molar-refractivity contribution in [2.24, 2.45) is 0 Å². The lowest BCUT2D eigenvalue weighted by Gasteiger charge is -2.05. The highest BCUT2D eigenvalue weighted by atomic mass is 19.1. The number of aromatic amines is 1. The van der Waals surface area contributed by atoms with Gasteiger partial charge in [-0.2, -0.15) is 10.2 Å². The number of hydrogen-bond donors (Lipinski definition) is 2. The average Bonchev–Trinajstić information content (AvgIpc) is 3.37. The highest BCUT2D eigenvalue weighted by molar-refractivity contribution is 6.07. The number of amides is 1. The van der Waals surface area contributed by atoms with Crippen molar-refractivity contribution < 1.29 is 18.3 Å². The third-order valence-corrected chi connectivity index (χ3v) is 4.83. The molecule has 2 N–H and O–H groups in total. The minimum atomic E-state index is -0.607. The van der Waals surface area contributed by atoms with E-state index in [1.807, 2.05) is 0 Å². The van der Waals surface area contributed by atoms with Crippen molar-refractivity contribution in [1.29, 1.82) is 0 Å². The van der Waals surface area contributed by atoms with Crippen LogP contribution in [-0.2, 0) is 0 Å². The average molecular weight is 420 g/mol. The van der Waals surface area contributed by atoms with Crippen LogP contribution in [0.1, 0.15) is 10.4 Å². The van der Waals surface area contributed by atoms with Gasteiger partial charge in [0, 0.05) is 23.4 Å². The summed E-state index contributed by atoms with van der Waals surface area (Å²) in [6.07, 6.45) is 3.22. The van der Waals surface area contributed by atoms with Crippen molar-refractivity contribution in [3.8, 4) is 17.0 Å². The molecule has 0 unspecified atom stereocenters. The molecular weight excluding hydrogens is 406 g/mol. The van der Waals surface area contributed by atoms with Gasteiger partial charge in [-0.05, 0) is 36.4 Å². The molecule has 0 fully saturated rings. The van der Waals surface area contributed by atoms with Gasteiger partial charge in [0.05, 0.1) is 24.2 Å². The SMILES string of the molecule is COc1ccn2ncc(-c3nc4[nH]nc(NC(=O)c5ccc(F)cc5)c4cc3F)c2c1. The third-order valence-electron chi connectivity index (χ3n) is 4.83. The summed E-state index contributed by atoms with van der Waals surface area (Å²) in [6, 6.07) is 9.75. The summed E-state index contributed by atoms with van der Waals surface area (Å²) >= 11 is 0. The first-order chi connectivity index (χ1) is 15.0. The van der Waals surface area contributed by atoms with Crippen molar-refractivity contribution in [3.05, 3.63) is 72.1 Å². The van der Waals surface area contributed by atoms with E-state index in [9.17, 15) is 9.18 Å². The molecular formula is C21H14F2N6O2. The maximum absolute atomic E-state index is 15.0. The molecule has 0 aliphatic rings. The van der Waals surface area contributed by atoms with Crippen molar-refractivity contribution >= 4 is 28.3 Å². The number of pyridine rings is 2. The van der Waals surface area contributed by atoms with Crippen molar-refractivity contribution in [1.82, 2.24) is 24.8 Å². The van der Waals surface area contributed by atoms with E-state index in [1.165, 1.54) is 36.5 Å². The van der Waals surface area contributed by atoms with Gasteiger partial charge < -0.3 is 10.1 Å². The van der Waals surface area contributed by atoms with Crippen LogP contribution in [0.5, 0.6) is 5.75 Å². The normalized spacial score (nSPS) is 11.2. The molecule has 8 nitrogen and oxygen atoms in total. The molecule has 31 heavy (non-hydrogen) atoms. The number of nitrogens with zero attached hydrogens (tertiary/aromatic N) is 4. The summed E-state index contributed by atoms with van der Waals surface area (Å²) < 4.78 is 34.9. The van der Waals surface area contributed by atoms with Crippen LogP contribution in [0, 0.1) is 11.6 Å². The number of benzene rings is 1. The minimum absolute atomic E-state index is 0.0795. The van der Waals surface area contributed by atoms with Crippen LogP contribution >= 0.6 is 0 Å². The van der Waals surface area contributed by atoms with Crippen LogP contribution < -0.4 is 10.1 Å². The number of fused-ring (bicyclic) bond motifs is 2. The van der Waals surface area contributed by atoms with E-state index in [-0.39, 0.29) is 22.7 Å². The third kappa shape index (κ3) is 3.23. The second kappa shape index (κ2) is 7.17. The first kappa shape index (κ1) is 18.7. The second-order valence-corrected chi connectivity index (χ2v) is 6.70. The molecule has 0 radical (unpaired) electrons. The molecule has 10 heteroatoms. The zero-order valence-corrected chi connectivity index (χ0v) is 16.1. The van der Waals surface area contributed by atoms with Crippen LogP contribution in [0.3, 0.4) is 0 Å². The Labute approximate surface area is 173 Å². The molecule has 4 aromatic heterocycles. The van der Waals surface area contributed by atoms with Crippen LogP contribution in [0.2, 0.25) is 0 Å². The minimum Gasteiger partial charge on any atom is -0.497 e. The number of anilines is 1. The molecule has 5 aromatic rings. The molecule has 1 aromatic carbocycles. The summed E-state index contributed by atoms with van der Waals surface area (Å²) in [7, 11) is 1.54.